The number of hydrogen-bond donors (Lipinski definition) is 3. The van der Waals surface area contributed by atoms with Gasteiger partial charge < -0.3 is 16.5 Å². The zero-order valence-corrected chi connectivity index (χ0v) is 17.4. The number of hydrogen-bond acceptors (Lipinski definition) is 4. The van der Waals surface area contributed by atoms with Crippen LogP contribution in [0, 0.1) is 0 Å². The summed E-state index contributed by atoms with van der Waals surface area (Å²) in [7, 11) is 0. The molecule has 0 radical (unpaired) electrons. The fourth-order valence-corrected chi connectivity index (χ4v) is 5.79. The lowest BCUT2D eigenvalue weighted by molar-refractivity contribution is 0.100. The maximum absolute atomic E-state index is 12.3. The second kappa shape index (κ2) is 7.87. The molecule has 28 heavy (non-hydrogen) atoms. The number of amides is 1. The Hall–Kier alpha value is -2.48. The third-order valence-corrected chi connectivity index (χ3v) is 7.17. The Balaban J connectivity index is 1.85. The summed E-state index contributed by atoms with van der Waals surface area (Å²) < 4.78 is 0.881. The van der Waals surface area contributed by atoms with Crippen LogP contribution in [0.25, 0.3) is 21.5 Å². The first-order valence-corrected chi connectivity index (χ1v) is 10.5. The number of nitrogens with zero attached hydrogens (tertiary/aromatic N) is 1. The van der Waals surface area contributed by atoms with E-state index in [1.807, 2.05) is 36.5 Å². The van der Waals surface area contributed by atoms with Crippen molar-refractivity contribution in [2.75, 3.05) is 6.54 Å². The molecular formula is C21H19BrN4OS. The molecule has 0 aliphatic carbocycles. The topological polar surface area (TPSA) is 97.8 Å². The molecule has 5 N–H and O–H groups in total. The molecule has 0 unspecified atom stereocenters. The van der Waals surface area contributed by atoms with E-state index in [2.05, 4.69) is 38.0 Å². The number of carbonyl (C=O) groups is 1. The minimum absolute atomic E-state index is 0.0205. The number of H-pyrrole nitrogens is 1. The number of pyridine rings is 1. The van der Waals surface area contributed by atoms with Crippen LogP contribution in [0.4, 0.5) is 0 Å². The van der Waals surface area contributed by atoms with Gasteiger partial charge in [0.2, 0.25) is 0 Å². The van der Waals surface area contributed by atoms with Crippen molar-refractivity contribution in [3.63, 3.8) is 0 Å². The third kappa shape index (κ3) is 3.37. The van der Waals surface area contributed by atoms with Crippen LogP contribution in [0.1, 0.15) is 26.7 Å². The highest BCUT2D eigenvalue weighted by Crippen LogP contribution is 2.45. The van der Waals surface area contributed by atoms with Gasteiger partial charge >= 0.3 is 0 Å². The number of rotatable bonds is 6. The lowest BCUT2D eigenvalue weighted by Crippen LogP contribution is -2.19. The summed E-state index contributed by atoms with van der Waals surface area (Å²) >= 11 is 5.15. The van der Waals surface area contributed by atoms with Crippen LogP contribution in [0.3, 0.4) is 0 Å². The van der Waals surface area contributed by atoms with Gasteiger partial charge in [0.1, 0.15) is 5.65 Å². The third-order valence-electron chi connectivity index (χ3n) is 4.83. The molecule has 0 aliphatic rings. The molecule has 1 atom stereocenters. The first-order chi connectivity index (χ1) is 13.6. The fourth-order valence-electron chi connectivity index (χ4n) is 3.51. The smallest absolute Gasteiger partial charge is 0.259 e. The number of aromatic nitrogens is 2. The Morgan fingerprint density at radius 3 is 2.71 bits per heavy atom. The molecule has 7 heteroatoms. The molecule has 0 fully saturated rings. The summed E-state index contributed by atoms with van der Waals surface area (Å²) in [6.07, 6.45) is 4.35. The van der Waals surface area contributed by atoms with Gasteiger partial charge in [0.05, 0.1) is 9.75 Å². The van der Waals surface area contributed by atoms with E-state index >= 15 is 0 Å². The van der Waals surface area contributed by atoms with E-state index in [0.717, 1.165) is 37.9 Å². The van der Waals surface area contributed by atoms with Gasteiger partial charge in [-0.05, 0) is 52.2 Å². The first kappa shape index (κ1) is 18.9. The van der Waals surface area contributed by atoms with Crippen LogP contribution in [-0.4, -0.2) is 22.4 Å². The summed E-state index contributed by atoms with van der Waals surface area (Å²) in [4.78, 5) is 21.2. The van der Waals surface area contributed by atoms with E-state index in [1.54, 1.807) is 6.20 Å². The molecule has 1 aromatic carbocycles. The Kier molecular flexibility index (Phi) is 5.30. The van der Waals surface area contributed by atoms with Crippen LogP contribution in [0.15, 0.2) is 59.3 Å². The van der Waals surface area contributed by atoms with Crippen LogP contribution >= 0.6 is 27.3 Å². The van der Waals surface area contributed by atoms with Crippen molar-refractivity contribution >= 4 is 44.2 Å². The minimum Gasteiger partial charge on any atom is -0.365 e. The number of thiophene rings is 1. The SMILES string of the molecule is NC[C@@H](Cc1ccccc1)c1c(C(N)=O)sc(-c2ccnc3[nH]ccc23)c1Br. The highest BCUT2D eigenvalue weighted by Gasteiger charge is 2.27. The molecule has 4 aromatic rings. The number of halogens is 1. The second-order valence-electron chi connectivity index (χ2n) is 6.57. The largest absolute Gasteiger partial charge is 0.365 e. The maximum atomic E-state index is 12.3. The van der Waals surface area contributed by atoms with Gasteiger partial charge in [-0.3, -0.25) is 4.79 Å². The predicted octanol–water partition coefficient (Wildman–Crippen LogP) is 4.44. The van der Waals surface area contributed by atoms with Gasteiger partial charge in [0, 0.05) is 33.7 Å². The van der Waals surface area contributed by atoms with Crippen molar-refractivity contribution in [1.82, 2.24) is 9.97 Å². The Bertz CT molecular complexity index is 1140. The number of benzene rings is 1. The molecule has 0 saturated heterocycles. The van der Waals surface area contributed by atoms with Crippen molar-refractivity contribution in [3.05, 3.63) is 75.3 Å². The van der Waals surface area contributed by atoms with Gasteiger partial charge in [-0.25, -0.2) is 4.98 Å². The summed E-state index contributed by atoms with van der Waals surface area (Å²) in [5.41, 5.74) is 15.7. The van der Waals surface area contributed by atoms with E-state index in [1.165, 1.54) is 16.9 Å². The lowest BCUT2D eigenvalue weighted by atomic mass is 9.91. The molecular weight excluding hydrogens is 436 g/mol. The van der Waals surface area contributed by atoms with Crippen molar-refractivity contribution < 1.29 is 4.79 Å². The summed E-state index contributed by atoms with van der Waals surface area (Å²) in [6.45, 7) is 0.417. The highest BCUT2D eigenvalue weighted by atomic mass is 79.9. The molecule has 1 amide bonds. The molecule has 3 aromatic heterocycles. The Morgan fingerprint density at radius 1 is 1.21 bits per heavy atom. The zero-order chi connectivity index (χ0) is 19.7. The minimum atomic E-state index is -0.433. The van der Waals surface area contributed by atoms with E-state index in [4.69, 9.17) is 11.5 Å². The van der Waals surface area contributed by atoms with Gasteiger partial charge in [-0.1, -0.05) is 30.3 Å². The van der Waals surface area contributed by atoms with E-state index in [0.29, 0.717) is 11.4 Å². The number of aromatic amines is 1. The van der Waals surface area contributed by atoms with Crippen LogP contribution in [0.5, 0.6) is 0 Å². The normalized spacial score (nSPS) is 12.4. The second-order valence-corrected chi connectivity index (χ2v) is 8.39. The monoisotopic (exact) mass is 454 g/mol. The lowest BCUT2D eigenvalue weighted by Gasteiger charge is -2.16. The van der Waals surface area contributed by atoms with Crippen molar-refractivity contribution in [1.29, 1.82) is 0 Å². The number of nitrogens with one attached hydrogen (secondary N) is 1. The van der Waals surface area contributed by atoms with Crippen LogP contribution in [-0.2, 0) is 6.42 Å². The number of primary amides is 1. The zero-order valence-electron chi connectivity index (χ0n) is 15.0. The Labute approximate surface area is 174 Å². The molecule has 5 nitrogen and oxygen atoms in total. The average Bonchev–Trinajstić information content (AvgIpc) is 3.31. The molecule has 0 spiro atoms. The van der Waals surface area contributed by atoms with E-state index in [9.17, 15) is 4.79 Å². The van der Waals surface area contributed by atoms with Crippen LogP contribution in [0.2, 0.25) is 0 Å². The highest BCUT2D eigenvalue weighted by molar-refractivity contribution is 9.10. The van der Waals surface area contributed by atoms with Crippen molar-refractivity contribution in [2.45, 2.75) is 12.3 Å². The van der Waals surface area contributed by atoms with Gasteiger partial charge in [0.25, 0.3) is 5.91 Å². The average molecular weight is 455 g/mol. The van der Waals surface area contributed by atoms with Crippen LogP contribution < -0.4 is 11.5 Å². The van der Waals surface area contributed by atoms with E-state index < -0.39 is 5.91 Å². The van der Waals surface area contributed by atoms with Gasteiger partial charge in [0.15, 0.2) is 0 Å². The number of fused-ring (bicyclic) bond motifs is 1. The van der Waals surface area contributed by atoms with Gasteiger partial charge in [-0.2, -0.15) is 0 Å². The van der Waals surface area contributed by atoms with Gasteiger partial charge in [-0.15, -0.1) is 11.3 Å². The summed E-state index contributed by atoms with van der Waals surface area (Å²) in [6, 6.07) is 14.1. The van der Waals surface area contributed by atoms with Crippen molar-refractivity contribution in [3.8, 4) is 10.4 Å². The molecule has 0 bridgehead atoms. The fraction of sp³-hybridized carbons (Fsp3) is 0.143. The first-order valence-electron chi connectivity index (χ1n) is 8.88. The molecule has 0 saturated carbocycles. The Morgan fingerprint density at radius 2 is 2.00 bits per heavy atom. The number of carbonyl (C=O) groups excluding carboxylic acids is 1. The molecule has 4 rings (SSSR count). The molecule has 0 aliphatic heterocycles. The summed E-state index contributed by atoms with van der Waals surface area (Å²) in [5.74, 6) is -0.453. The maximum Gasteiger partial charge on any atom is 0.259 e. The number of nitrogens with two attached hydrogens (primary N) is 2. The van der Waals surface area contributed by atoms with E-state index in [-0.39, 0.29) is 5.92 Å². The summed E-state index contributed by atoms with van der Waals surface area (Å²) in [5, 5.41) is 0.999. The quantitative estimate of drug-likeness (QED) is 0.401. The molecule has 142 valence electrons. The predicted molar refractivity (Wildman–Crippen MR) is 118 cm³/mol. The molecule has 3 heterocycles. The van der Waals surface area contributed by atoms with Crippen molar-refractivity contribution in [2.24, 2.45) is 11.5 Å². The standard InChI is InChI=1S/C21H19BrN4OS/c22-17-16(13(11-23)10-12-4-2-1-3-5-12)19(20(24)27)28-18(17)14-6-8-25-21-15(14)7-9-26-21/h1-9,13H,10-11,23H2,(H2,24,27)(H,25,26)/t13-/m1/s1.